The zero-order valence-electron chi connectivity index (χ0n) is 18.5. The fourth-order valence-electron chi connectivity index (χ4n) is 4.31. The molecule has 6 nitrogen and oxygen atoms in total. The van der Waals surface area contributed by atoms with Crippen molar-refractivity contribution < 1.29 is 19.0 Å². The normalized spacial score (nSPS) is 21.6. The molecular formula is C25H32N2O4. The van der Waals surface area contributed by atoms with E-state index in [0.717, 1.165) is 44.1 Å². The van der Waals surface area contributed by atoms with Crippen LogP contribution in [0.3, 0.4) is 0 Å². The number of aryl methyl sites for hydroxylation is 1. The van der Waals surface area contributed by atoms with Gasteiger partial charge in [0, 0.05) is 39.7 Å². The van der Waals surface area contributed by atoms with E-state index in [1.165, 1.54) is 11.1 Å². The van der Waals surface area contributed by atoms with Crippen molar-refractivity contribution in [1.82, 2.24) is 9.80 Å². The molecule has 2 atom stereocenters. The molecule has 0 spiro atoms. The van der Waals surface area contributed by atoms with Gasteiger partial charge >= 0.3 is 0 Å². The molecule has 0 aliphatic carbocycles. The molecule has 1 amide bonds. The molecule has 0 N–H and O–H groups in total. The molecule has 4 rings (SSSR count). The van der Waals surface area contributed by atoms with E-state index >= 15 is 0 Å². The van der Waals surface area contributed by atoms with E-state index < -0.39 is 0 Å². The number of benzene rings is 2. The van der Waals surface area contributed by atoms with Gasteiger partial charge in [0.15, 0.2) is 0 Å². The summed E-state index contributed by atoms with van der Waals surface area (Å²) in [5.74, 6) is 1.97. The Hall–Kier alpha value is -2.57. The van der Waals surface area contributed by atoms with Gasteiger partial charge in [0.25, 0.3) is 0 Å². The zero-order valence-corrected chi connectivity index (χ0v) is 18.5. The highest BCUT2D eigenvalue weighted by atomic mass is 16.5. The minimum absolute atomic E-state index is 0.0164. The summed E-state index contributed by atoms with van der Waals surface area (Å²) in [4.78, 5) is 15.9. The molecule has 6 heteroatoms. The first-order valence-electron chi connectivity index (χ1n) is 11.1. The van der Waals surface area contributed by atoms with Crippen LogP contribution in [0.25, 0.3) is 0 Å². The molecule has 2 aromatic carbocycles. The number of amides is 1. The van der Waals surface area contributed by atoms with Gasteiger partial charge in [-0.05, 0) is 48.7 Å². The van der Waals surface area contributed by atoms with Gasteiger partial charge in [-0.2, -0.15) is 0 Å². The van der Waals surface area contributed by atoms with Crippen LogP contribution in [0, 0.1) is 6.92 Å². The van der Waals surface area contributed by atoms with Crippen LogP contribution in [0.1, 0.15) is 24.0 Å². The summed E-state index contributed by atoms with van der Waals surface area (Å²) >= 11 is 0. The van der Waals surface area contributed by atoms with Crippen molar-refractivity contribution in [3.8, 4) is 11.5 Å². The molecule has 2 aliphatic heterocycles. The van der Waals surface area contributed by atoms with Crippen LogP contribution in [0.15, 0.2) is 48.5 Å². The van der Waals surface area contributed by atoms with Crippen molar-refractivity contribution in [2.75, 3.05) is 39.9 Å². The number of carbonyl (C=O) groups excluding carboxylic acids is 1. The lowest BCUT2D eigenvalue weighted by atomic mass is 10.2. The summed E-state index contributed by atoms with van der Waals surface area (Å²) in [7, 11) is 1.75. The Balaban J connectivity index is 1.26. The van der Waals surface area contributed by atoms with E-state index in [2.05, 4.69) is 36.1 Å². The van der Waals surface area contributed by atoms with E-state index in [4.69, 9.17) is 14.2 Å². The van der Waals surface area contributed by atoms with Crippen molar-refractivity contribution in [2.24, 2.45) is 0 Å². The maximum Gasteiger partial charge on any atom is 0.222 e. The van der Waals surface area contributed by atoms with Crippen LogP contribution >= 0.6 is 0 Å². The first kappa shape index (κ1) is 21.7. The van der Waals surface area contributed by atoms with E-state index in [9.17, 15) is 4.79 Å². The molecule has 31 heavy (non-hydrogen) atoms. The highest BCUT2D eigenvalue weighted by Crippen LogP contribution is 2.23. The van der Waals surface area contributed by atoms with Gasteiger partial charge in [-0.3, -0.25) is 9.69 Å². The molecule has 0 unspecified atom stereocenters. The Bertz CT molecular complexity index is 870. The molecular weight excluding hydrogens is 392 g/mol. The Kier molecular flexibility index (Phi) is 7.10. The maximum absolute atomic E-state index is 11.7. The predicted octanol–water partition coefficient (Wildman–Crippen LogP) is 3.27. The summed E-state index contributed by atoms with van der Waals surface area (Å²) in [6, 6.07) is 16.4. The van der Waals surface area contributed by atoms with Crippen molar-refractivity contribution in [3.63, 3.8) is 0 Å². The summed E-state index contributed by atoms with van der Waals surface area (Å²) in [5.41, 5.74) is 2.42. The Morgan fingerprint density at radius 2 is 1.84 bits per heavy atom. The van der Waals surface area contributed by atoms with E-state index in [1.54, 1.807) is 7.11 Å². The van der Waals surface area contributed by atoms with Crippen molar-refractivity contribution in [3.05, 3.63) is 59.7 Å². The molecule has 2 heterocycles. The number of likely N-dealkylation sites (tertiary alicyclic amines) is 2. The second-order valence-electron chi connectivity index (χ2n) is 8.42. The van der Waals surface area contributed by atoms with Crippen molar-refractivity contribution in [1.29, 1.82) is 0 Å². The quantitative estimate of drug-likeness (QED) is 0.618. The van der Waals surface area contributed by atoms with Crippen molar-refractivity contribution in [2.45, 2.75) is 38.5 Å². The second-order valence-corrected chi connectivity index (χ2v) is 8.42. The molecule has 166 valence electrons. The Labute approximate surface area is 184 Å². The number of methoxy groups -OCH3 is 1. The number of ether oxygens (including phenoxy) is 3. The monoisotopic (exact) mass is 424 g/mol. The summed E-state index contributed by atoms with van der Waals surface area (Å²) < 4.78 is 17.7. The number of hydrogen-bond acceptors (Lipinski definition) is 5. The van der Waals surface area contributed by atoms with Gasteiger partial charge in [-0.1, -0.05) is 24.3 Å². The van der Waals surface area contributed by atoms with E-state index in [-0.39, 0.29) is 18.1 Å². The molecule has 2 aliphatic rings. The Morgan fingerprint density at radius 1 is 1.03 bits per heavy atom. The number of hydrogen-bond donors (Lipinski definition) is 0. The Morgan fingerprint density at radius 3 is 2.55 bits per heavy atom. The largest absolute Gasteiger partial charge is 0.492 e. The van der Waals surface area contributed by atoms with Crippen LogP contribution in [0.4, 0.5) is 0 Å². The fraction of sp³-hybridized carbons (Fsp3) is 0.480. The molecule has 0 bridgehead atoms. The third kappa shape index (κ3) is 5.77. The topological polar surface area (TPSA) is 51.2 Å². The van der Waals surface area contributed by atoms with Gasteiger partial charge < -0.3 is 19.1 Å². The first-order valence-corrected chi connectivity index (χ1v) is 11.1. The SMILES string of the molecule is CO[C@H]1CN(Cc2ccc(OCCN3CCCC3=O)cc2)C[C@@H]1Oc1cccc(C)c1. The van der Waals surface area contributed by atoms with Gasteiger partial charge in [0.2, 0.25) is 5.91 Å². The van der Waals surface area contributed by atoms with Gasteiger partial charge in [0.1, 0.15) is 30.3 Å². The van der Waals surface area contributed by atoms with Gasteiger partial charge in [0.05, 0.1) is 6.54 Å². The third-order valence-corrected chi connectivity index (χ3v) is 6.00. The highest BCUT2D eigenvalue weighted by molar-refractivity contribution is 5.78. The molecule has 2 saturated heterocycles. The number of rotatable bonds is 9. The lowest BCUT2D eigenvalue weighted by Crippen LogP contribution is -2.31. The second kappa shape index (κ2) is 10.2. The van der Waals surface area contributed by atoms with Gasteiger partial charge in [-0.15, -0.1) is 0 Å². The predicted molar refractivity (Wildman–Crippen MR) is 119 cm³/mol. The minimum Gasteiger partial charge on any atom is -0.492 e. The lowest BCUT2D eigenvalue weighted by Gasteiger charge is -2.19. The smallest absolute Gasteiger partial charge is 0.222 e. The molecule has 0 radical (unpaired) electrons. The zero-order chi connectivity index (χ0) is 21.6. The summed E-state index contributed by atoms with van der Waals surface area (Å²) in [5, 5.41) is 0. The standard InChI is InChI=1S/C25H32N2O4/c1-19-5-3-6-22(15-19)31-24-18-26(17-23(24)29-2)16-20-8-10-21(11-9-20)30-14-13-27-12-4-7-25(27)28/h3,5-6,8-11,15,23-24H,4,7,12-14,16-18H2,1-2H3/t23-,24-/m0/s1. The van der Waals surface area contributed by atoms with E-state index in [1.807, 2.05) is 29.2 Å². The minimum atomic E-state index is 0.0164. The van der Waals surface area contributed by atoms with Gasteiger partial charge in [-0.25, -0.2) is 0 Å². The maximum atomic E-state index is 11.7. The summed E-state index contributed by atoms with van der Waals surface area (Å²) in [6.07, 6.45) is 1.70. The van der Waals surface area contributed by atoms with Crippen molar-refractivity contribution >= 4 is 5.91 Å². The lowest BCUT2D eigenvalue weighted by molar-refractivity contribution is -0.128. The molecule has 2 aromatic rings. The molecule has 0 saturated carbocycles. The summed E-state index contributed by atoms with van der Waals surface area (Å²) in [6.45, 7) is 6.63. The fourth-order valence-corrected chi connectivity index (χ4v) is 4.31. The number of carbonyl (C=O) groups is 1. The van der Waals surface area contributed by atoms with E-state index in [0.29, 0.717) is 19.6 Å². The highest BCUT2D eigenvalue weighted by Gasteiger charge is 2.34. The van der Waals surface area contributed by atoms with Crippen LogP contribution in [-0.4, -0.2) is 67.8 Å². The average molecular weight is 425 g/mol. The van der Waals surface area contributed by atoms with Crippen LogP contribution < -0.4 is 9.47 Å². The molecule has 2 fully saturated rings. The van der Waals surface area contributed by atoms with Crippen LogP contribution in [0.2, 0.25) is 0 Å². The average Bonchev–Trinajstić information content (AvgIpc) is 3.35. The first-order chi connectivity index (χ1) is 15.1. The third-order valence-electron chi connectivity index (χ3n) is 6.00. The number of nitrogens with zero attached hydrogens (tertiary/aromatic N) is 2. The van der Waals surface area contributed by atoms with Crippen LogP contribution in [0.5, 0.6) is 11.5 Å². The van der Waals surface area contributed by atoms with Crippen LogP contribution in [-0.2, 0) is 16.1 Å². The molecule has 0 aromatic heterocycles.